The molecule has 0 saturated carbocycles. The molecule has 5 heteroatoms. The molecule has 2 aromatic rings. The maximum absolute atomic E-state index is 6.17. The van der Waals surface area contributed by atoms with Crippen LogP contribution >= 0.6 is 34.5 Å². The third-order valence-electron chi connectivity index (χ3n) is 2.76. The van der Waals surface area contributed by atoms with Crippen LogP contribution in [0, 0.1) is 0 Å². The van der Waals surface area contributed by atoms with Crippen LogP contribution in [-0.2, 0) is 12.8 Å². The van der Waals surface area contributed by atoms with Gasteiger partial charge in [0.1, 0.15) is 0 Å². The van der Waals surface area contributed by atoms with Crippen LogP contribution in [0.2, 0.25) is 10.0 Å². The van der Waals surface area contributed by atoms with Crippen molar-refractivity contribution in [3.8, 4) is 0 Å². The van der Waals surface area contributed by atoms with E-state index in [1.165, 1.54) is 0 Å². The standard InChI is InChI=1S/C14H16Cl2N2S/c1-2-17-6-5-12-9-19-14(18-12)7-10-3-4-11(15)8-13(10)16/h3-4,8-9,17H,2,5-7H2,1H3. The summed E-state index contributed by atoms with van der Waals surface area (Å²) >= 11 is 13.7. The average Bonchev–Trinajstić information content (AvgIpc) is 2.81. The average molecular weight is 315 g/mol. The molecule has 0 amide bonds. The minimum Gasteiger partial charge on any atom is -0.317 e. The summed E-state index contributed by atoms with van der Waals surface area (Å²) in [5.74, 6) is 0. The Morgan fingerprint density at radius 1 is 1.32 bits per heavy atom. The zero-order valence-corrected chi connectivity index (χ0v) is 13.1. The van der Waals surface area contributed by atoms with E-state index in [-0.39, 0.29) is 0 Å². The molecule has 1 aromatic heterocycles. The summed E-state index contributed by atoms with van der Waals surface area (Å²) in [5.41, 5.74) is 2.21. The number of thiazole rings is 1. The minimum absolute atomic E-state index is 0.666. The van der Waals surface area contributed by atoms with Gasteiger partial charge in [-0.25, -0.2) is 4.98 Å². The van der Waals surface area contributed by atoms with E-state index in [2.05, 4.69) is 22.6 Å². The van der Waals surface area contributed by atoms with Crippen LogP contribution in [0.5, 0.6) is 0 Å². The molecule has 102 valence electrons. The molecule has 0 spiro atoms. The summed E-state index contributed by atoms with van der Waals surface area (Å²) in [6.45, 7) is 4.08. The maximum atomic E-state index is 6.17. The van der Waals surface area contributed by atoms with Crippen molar-refractivity contribution in [1.29, 1.82) is 0 Å². The predicted molar refractivity (Wildman–Crippen MR) is 83.6 cm³/mol. The highest BCUT2D eigenvalue weighted by Crippen LogP contribution is 2.24. The molecule has 1 N–H and O–H groups in total. The van der Waals surface area contributed by atoms with Gasteiger partial charge in [0.05, 0.1) is 10.7 Å². The highest BCUT2D eigenvalue weighted by molar-refractivity contribution is 7.09. The number of benzene rings is 1. The van der Waals surface area contributed by atoms with Gasteiger partial charge in [-0.2, -0.15) is 0 Å². The highest BCUT2D eigenvalue weighted by atomic mass is 35.5. The monoisotopic (exact) mass is 314 g/mol. The first kappa shape index (κ1) is 14.8. The fourth-order valence-corrected chi connectivity index (χ4v) is 3.09. The molecule has 0 atom stereocenters. The number of nitrogens with one attached hydrogen (secondary N) is 1. The fraction of sp³-hybridized carbons (Fsp3) is 0.357. The lowest BCUT2D eigenvalue weighted by Crippen LogP contribution is -2.16. The van der Waals surface area contributed by atoms with Crippen LogP contribution in [-0.4, -0.2) is 18.1 Å². The van der Waals surface area contributed by atoms with E-state index in [4.69, 9.17) is 23.2 Å². The van der Waals surface area contributed by atoms with E-state index >= 15 is 0 Å². The first-order valence-corrected chi connectivity index (χ1v) is 7.90. The third-order valence-corrected chi connectivity index (χ3v) is 4.25. The van der Waals surface area contributed by atoms with Crippen LogP contribution in [0.25, 0.3) is 0 Å². The molecule has 0 bridgehead atoms. The van der Waals surface area contributed by atoms with Crippen molar-refractivity contribution in [2.45, 2.75) is 19.8 Å². The second kappa shape index (κ2) is 7.25. The molecule has 0 aliphatic carbocycles. The second-order valence-corrected chi connectivity index (χ2v) is 6.03. The lowest BCUT2D eigenvalue weighted by Gasteiger charge is -2.02. The van der Waals surface area contributed by atoms with Crippen LogP contribution in [0.3, 0.4) is 0 Å². The quantitative estimate of drug-likeness (QED) is 0.809. The Morgan fingerprint density at radius 2 is 2.16 bits per heavy atom. The summed E-state index contributed by atoms with van der Waals surface area (Å²) in [4.78, 5) is 4.63. The number of hydrogen-bond acceptors (Lipinski definition) is 3. The van der Waals surface area contributed by atoms with Gasteiger partial charge in [-0.1, -0.05) is 36.2 Å². The Labute approximate surface area is 127 Å². The van der Waals surface area contributed by atoms with Gasteiger partial charge in [0.2, 0.25) is 0 Å². The first-order valence-electron chi connectivity index (χ1n) is 6.27. The number of rotatable bonds is 6. The number of hydrogen-bond donors (Lipinski definition) is 1. The molecule has 1 aromatic carbocycles. The highest BCUT2D eigenvalue weighted by Gasteiger charge is 2.06. The van der Waals surface area contributed by atoms with E-state index in [0.717, 1.165) is 42.2 Å². The SMILES string of the molecule is CCNCCc1csc(Cc2ccc(Cl)cc2Cl)n1. The summed E-state index contributed by atoms with van der Waals surface area (Å²) in [5, 5.41) is 7.89. The normalized spacial score (nSPS) is 10.9. The first-order chi connectivity index (χ1) is 9.19. The van der Waals surface area contributed by atoms with Gasteiger partial charge < -0.3 is 5.32 Å². The Hall–Kier alpha value is -0.610. The minimum atomic E-state index is 0.666. The Balaban J connectivity index is 1.99. The Morgan fingerprint density at radius 3 is 2.89 bits per heavy atom. The third kappa shape index (κ3) is 4.46. The van der Waals surface area contributed by atoms with Gasteiger partial charge in [0, 0.05) is 34.8 Å². The largest absolute Gasteiger partial charge is 0.317 e. The molecule has 2 nitrogen and oxygen atoms in total. The van der Waals surface area contributed by atoms with Crippen molar-refractivity contribution in [2.75, 3.05) is 13.1 Å². The number of likely N-dealkylation sites (N-methyl/N-ethyl adjacent to an activating group) is 1. The van der Waals surface area contributed by atoms with Gasteiger partial charge in [-0.15, -0.1) is 11.3 Å². The number of nitrogens with zero attached hydrogens (tertiary/aromatic N) is 1. The van der Waals surface area contributed by atoms with Crippen LogP contribution in [0.4, 0.5) is 0 Å². The smallest absolute Gasteiger partial charge is 0.0972 e. The summed E-state index contributed by atoms with van der Waals surface area (Å²) in [6, 6.07) is 5.60. The zero-order valence-electron chi connectivity index (χ0n) is 10.7. The number of aromatic nitrogens is 1. The van der Waals surface area contributed by atoms with Crippen molar-refractivity contribution in [3.63, 3.8) is 0 Å². The van der Waals surface area contributed by atoms with Gasteiger partial charge in [-0.05, 0) is 24.2 Å². The van der Waals surface area contributed by atoms with Crippen LogP contribution < -0.4 is 5.32 Å². The van der Waals surface area contributed by atoms with Crippen LogP contribution in [0.15, 0.2) is 23.6 Å². The zero-order chi connectivity index (χ0) is 13.7. The van der Waals surface area contributed by atoms with Crippen molar-refractivity contribution in [2.24, 2.45) is 0 Å². The predicted octanol–water partition coefficient (Wildman–Crippen LogP) is 4.19. The maximum Gasteiger partial charge on any atom is 0.0972 e. The van der Waals surface area contributed by atoms with Crippen molar-refractivity contribution < 1.29 is 0 Å². The molecule has 1 heterocycles. The summed E-state index contributed by atoms with van der Waals surface area (Å²) < 4.78 is 0. The van der Waals surface area contributed by atoms with Gasteiger partial charge in [0.15, 0.2) is 0 Å². The van der Waals surface area contributed by atoms with Crippen molar-refractivity contribution in [1.82, 2.24) is 10.3 Å². The topological polar surface area (TPSA) is 24.9 Å². The van der Waals surface area contributed by atoms with E-state index in [9.17, 15) is 0 Å². The van der Waals surface area contributed by atoms with E-state index in [0.29, 0.717) is 10.0 Å². The second-order valence-electron chi connectivity index (χ2n) is 4.25. The Kier molecular flexibility index (Phi) is 5.64. The molecule has 0 fully saturated rings. The van der Waals surface area contributed by atoms with Crippen molar-refractivity contribution >= 4 is 34.5 Å². The molecule has 19 heavy (non-hydrogen) atoms. The lowest BCUT2D eigenvalue weighted by atomic mass is 10.1. The van der Waals surface area contributed by atoms with Crippen molar-refractivity contribution in [3.05, 3.63) is 49.9 Å². The molecule has 0 radical (unpaired) electrons. The summed E-state index contributed by atoms with van der Waals surface area (Å²) in [7, 11) is 0. The molecule has 0 aliphatic heterocycles. The molecule has 0 saturated heterocycles. The molecular weight excluding hydrogens is 299 g/mol. The van der Waals surface area contributed by atoms with Gasteiger partial charge >= 0.3 is 0 Å². The molecule has 2 rings (SSSR count). The summed E-state index contributed by atoms with van der Waals surface area (Å²) in [6.07, 6.45) is 1.74. The van der Waals surface area contributed by atoms with E-state index < -0.39 is 0 Å². The van der Waals surface area contributed by atoms with E-state index in [1.54, 1.807) is 17.4 Å². The fourth-order valence-electron chi connectivity index (χ4n) is 1.77. The number of halogens is 2. The van der Waals surface area contributed by atoms with Gasteiger partial charge in [0.25, 0.3) is 0 Å². The van der Waals surface area contributed by atoms with E-state index in [1.807, 2.05) is 12.1 Å². The molecular formula is C14H16Cl2N2S. The molecule has 0 unspecified atom stereocenters. The Bertz CT molecular complexity index is 540. The lowest BCUT2D eigenvalue weighted by molar-refractivity contribution is 0.709. The molecule has 0 aliphatic rings. The van der Waals surface area contributed by atoms with Gasteiger partial charge in [-0.3, -0.25) is 0 Å². The van der Waals surface area contributed by atoms with Crippen LogP contribution in [0.1, 0.15) is 23.2 Å².